The van der Waals surface area contributed by atoms with Gasteiger partial charge in [-0.2, -0.15) is 0 Å². The maximum atomic E-state index is 6.54. The van der Waals surface area contributed by atoms with Gasteiger partial charge in [0.2, 0.25) is 0 Å². The lowest BCUT2D eigenvalue weighted by atomic mass is 9.92. The Balaban J connectivity index is 1.31. The standard InChI is InChI=1S/C43H25N3O2/c1-3-12-26(13-4-1)29-18-11-19-32-39(29)35(25-34-31-17-8-10-21-37(31)48-40(32)34)43-45-41(27-14-5-2-6-15-27)44-42(46-43)28-22-23-38-33(24-28)30-16-7-9-20-36(30)47-38/h1-25H. The fraction of sp³-hybridized carbons (Fsp3) is 0. The normalized spacial score (nSPS) is 11.8. The van der Waals surface area contributed by atoms with Gasteiger partial charge in [-0.25, -0.2) is 15.0 Å². The predicted molar refractivity (Wildman–Crippen MR) is 194 cm³/mol. The van der Waals surface area contributed by atoms with Gasteiger partial charge in [0.1, 0.15) is 22.3 Å². The Hall–Kier alpha value is -6.59. The topological polar surface area (TPSA) is 65.0 Å². The molecule has 0 fully saturated rings. The molecular formula is C43H25N3O2. The molecule has 48 heavy (non-hydrogen) atoms. The Morgan fingerprint density at radius 2 is 0.917 bits per heavy atom. The van der Waals surface area contributed by atoms with Gasteiger partial charge in [0, 0.05) is 49.0 Å². The molecule has 7 aromatic carbocycles. The third-order valence-corrected chi connectivity index (χ3v) is 9.13. The second kappa shape index (κ2) is 10.5. The van der Waals surface area contributed by atoms with Crippen molar-refractivity contribution in [2.45, 2.75) is 0 Å². The second-order valence-corrected chi connectivity index (χ2v) is 12.0. The van der Waals surface area contributed by atoms with Crippen molar-refractivity contribution in [1.29, 1.82) is 0 Å². The van der Waals surface area contributed by atoms with Crippen LogP contribution in [0.1, 0.15) is 0 Å². The quantitative estimate of drug-likeness (QED) is 0.197. The van der Waals surface area contributed by atoms with Crippen molar-refractivity contribution in [3.63, 3.8) is 0 Å². The molecule has 3 heterocycles. The summed E-state index contributed by atoms with van der Waals surface area (Å²) in [7, 11) is 0. The van der Waals surface area contributed by atoms with Crippen molar-refractivity contribution in [1.82, 2.24) is 15.0 Å². The summed E-state index contributed by atoms with van der Waals surface area (Å²) in [4.78, 5) is 15.5. The average Bonchev–Trinajstić information content (AvgIpc) is 3.73. The first-order chi connectivity index (χ1) is 23.8. The van der Waals surface area contributed by atoms with Gasteiger partial charge in [0.25, 0.3) is 0 Å². The third-order valence-electron chi connectivity index (χ3n) is 9.13. The first kappa shape index (κ1) is 26.6. The summed E-state index contributed by atoms with van der Waals surface area (Å²) < 4.78 is 12.7. The van der Waals surface area contributed by atoms with Crippen LogP contribution in [0, 0.1) is 0 Å². The molecule has 0 bridgehead atoms. The third kappa shape index (κ3) is 4.15. The molecule has 0 saturated heterocycles. The molecule has 10 aromatic rings. The number of para-hydroxylation sites is 2. The highest BCUT2D eigenvalue weighted by Gasteiger charge is 2.21. The highest BCUT2D eigenvalue weighted by molar-refractivity contribution is 6.21. The van der Waals surface area contributed by atoms with E-state index in [2.05, 4.69) is 66.7 Å². The molecule has 0 aliphatic carbocycles. The van der Waals surface area contributed by atoms with Crippen LogP contribution in [0.5, 0.6) is 0 Å². The van der Waals surface area contributed by atoms with Gasteiger partial charge in [-0.3, -0.25) is 0 Å². The molecule has 0 unspecified atom stereocenters. The summed E-state index contributed by atoms with van der Waals surface area (Å²) in [5.41, 5.74) is 8.28. The Kier molecular flexibility index (Phi) is 5.81. The van der Waals surface area contributed by atoms with Crippen molar-refractivity contribution in [3.05, 3.63) is 152 Å². The van der Waals surface area contributed by atoms with Crippen molar-refractivity contribution < 1.29 is 8.83 Å². The molecule has 0 aliphatic heterocycles. The van der Waals surface area contributed by atoms with E-state index < -0.39 is 0 Å². The number of aromatic nitrogens is 3. The fourth-order valence-electron chi connectivity index (χ4n) is 6.90. The zero-order valence-electron chi connectivity index (χ0n) is 25.6. The number of rotatable bonds is 4. The molecule has 10 rings (SSSR count). The minimum Gasteiger partial charge on any atom is -0.456 e. The summed E-state index contributed by atoms with van der Waals surface area (Å²) in [6.07, 6.45) is 0. The molecular weight excluding hydrogens is 590 g/mol. The minimum absolute atomic E-state index is 0.591. The van der Waals surface area contributed by atoms with E-state index in [1.165, 1.54) is 0 Å². The molecule has 224 valence electrons. The Morgan fingerprint density at radius 3 is 1.69 bits per heavy atom. The van der Waals surface area contributed by atoms with Crippen molar-refractivity contribution in [3.8, 4) is 45.3 Å². The highest BCUT2D eigenvalue weighted by Crippen LogP contribution is 2.43. The monoisotopic (exact) mass is 615 g/mol. The Bertz CT molecular complexity index is 2840. The first-order valence-corrected chi connectivity index (χ1v) is 15.9. The van der Waals surface area contributed by atoms with Crippen LogP contribution in [0.25, 0.3) is 99.9 Å². The van der Waals surface area contributed by atoms with Crippen molar-refractivity contribution in [2.24, 2.45) is 0 Å². The number of fused-ring (bicyclic) bond motifs is 8. The van der Waals surface area contributed by atoms with E-state index >= 15 is 0 Å². The fourth-order valence-corrected chi connectivity index (χ4v) is 6.90. The van der Waals surface area contributed by atoms with Gasteiger partial charge in [0.15, 0.2) is 17.5 Å². The van der Waals surface area contributed by atoms with Gasteiger partial charge in [0.05, 0.1) is 0 Å². The molecule has 0 aliphatic rings. The molecule has 5 heteroatoms. The van der Waals surface area contributed by atoms with E-state index in [-0.39, 0.29) is 0 Å². The Labute approximate surface area is 274 Å². The SMILES string of the molecule is c1ccc(-c2nc(-c3ccc4oc5ccccc5c4c3)nc(-c3cc4c5ccccc5oc4c4cccc(-c5ccccc5)c34)n2)cc1. The first-order valence-electron chi connectivity index (χ1n) is 15.9. The maximum absolute atomic E-state index is 6.54. The molecule has 0 saturated carbocycles. The smallest absolute Gasteiger partial charge is 0.164 e. The van der Waals surface area contributed by atoms with E-state index in [0.29, 0.717) is 17.5 Å². The molecule has 5 nitrogen and oxygen atoms in total. The van der Waals surface area contributed by atoms with Gasteiger partial charge in [-0.15, -0.1) is 0 Å². The van der Waals surface area contributed by atoms with Crippen LogP contribution in [0.15, 0.2) is 160 Å². The van der Waals surface area contributed by atoms with E-state index in [1.807, 2.05) is 84.9 Å². The molecule has 0 N–H and O–H groups in total. The number of hydrogen-bond acceptors (Lipinski definition) is 5. The van der Waals surface area contributed by atoms with Crippen LogP contribution >= 0.6 is 0 Å². The van der Waals surface area contributed by atoms with E-state index in [1.54, 1.807) is 0 Å². The lowest BCUT2D eigenvalue weighted by molar-refractivity contribution is 0.669. The molecule has 0 spiro atoms. The summed E-state index contributed by atoms with van der Waals surface area (Å²) in [5.74, 6) is 1.79. The predicted octanol–water partition coefficient (Wildman–Crippen LogP) is 11.5. The zero-order chi connectivity index (χ0) is 31.6. The number of hydrogen-bond donors (Lipinski definition) is 0. The molecule has 0 atom stereocenters. The largest absolute Gasteiger partial charge is 0.456 e. The van der Waals surface area contributed by atoms with Gasteiger partial charge in [-0.1, -0.05) is 115 Å². The van der Waals surface area contributed by atoms with E-state index in [4.69, 9.17) is 23.8 Å². The summed E-state index contributed by atoms with van der Waals surface area (Å²) in [6.45, 7) is 0. The van der Waals surface area contributed by atoms with E-state index in [9.17, 15) is 0 Å². The number of benzene rings is 7. The van der Waals surface area contributed by atoms with Gasteiger partial charge in [-0.05, 0) is 47.5 Å². The van der Waals surface area contributed by atoms with E-state index in [0.717, 1.165) is 82.5 Å². The Morgan fingerprint density at radius 1 is 0.333 bits per heavy atom. The minimum atomic E-state index is 0.591. The summed E-state index contributed by atoms with van der Waals surface area (Å²) in [6, 6.07) is 51.6. The van der Waals surface area contributed by atoms with Crippen LogP contribution in [-0.2, 0) is 0 Å². The van der Waals surface area contributed by atoms with Gasteiger partial charge >= 0.3 is 0 Å². The summed E-state index contributed by atoms with van der Waals surface area (Å²) in [5, 5.41) is 6.19. The molecule has 0 amide bonds. The zero-order valence-corrected chi connectivity index (χ0v) is 25.6. The van der Waals surface area contributed by atoms with Crippen LogP contribution in [0.2, 0.25) is 0 Å². The molecule has 0 radical (unpaired) electrons. The number of nitrogens with zero attached hydrogens (tertiary/aromatic N) is 3. The lowest BCUT2D eigenvalue weighted by Crippen LogP contribution is -2.01. The maximum Gasteiger partial charge on any atom is 0.164 e. The van der Waals surface area contributed by atoms with Crippen LogP contribution < -0.4 is 0 Å². The number of furan rings is 2. The van der Waals surface area contributed by atoms with Crippen molar-refractivity contribution in [2.75, 3.05) is 0 Å². The lowest BCUT2D eigenvalue weighted by Gasteiger charge is -2.14. The summed E-state index contributed by atoms with van der Waals surface area (Å²) >= 11 is 0. The van der Waals surface area contributed by atoms with Crippen LogP contribution in [-0.4, -0.2) is 15.0 Å². The highest BCUT2D eigenvalue weighted by atomic mass is 16.3. The van der Waals surface area contributed by atoms with Crippen molar-refractivity contribution >= 4 is 54.6 Å². The van der Waals surface area contributed by atoms with Crippen LogP contribution in [0.3, 0.4) is 0 Å². The second-order valence-electron chi connectivity index (χ2n) is 12.0. The molecule has 3 aromatic heterocycles. The van der Waals surface area contributed by atoms with Gasteiger partial charge < -0.3 is 8.83 Å². The van der Waals surface area contributed by atoms with Crippen LogP contribution in [0.4, 0.5) is 0 Å². The average molecular weight is 616 g/mol.